The molecule has 0 spiro atoms. The summed E-state index contributed by atoms with van der Waals surface area (Å²) >= 11 is 0. The minimum atomic E-state index is 0.135. The van der Waals surface area contributed by atoms with Gasteiger partial charge in [0.2, 0.25) is 0 Å². The molecule has 0 unspecified atom stereocenters. The molecule has 0 saturated heterocycles. The summed E-state index contributed by atoms with van der Waals surface area (Å²) in [5.41, 5.74) is 2.39. The van der Waals surface area contributed by atoms with Crippen LogP contribution in [0.25, 0.3) is 21.5 Å². The van der Waals surface area contributed by atoms with E-state index >= 15 is 0 Å². The molecule has 4 rings (SSSR count). The van der Waals surface area contributed by atoms with Crippen LogP contribution in [-0.2, 0) is 0 Å². The molecule has 3 nitrogen and oxygen atoms in total. The first-order chi connectivity index (χ1) is 19.4. The van der Waals surface area contributed by atoms with Gasteiger partial charge in [-0.15, -0.1) is 10.2 Å². The minimum Gasteiger partial charge on any atom is -0.506 e. The number of benzene rings is 4. The van der Waals surface area contributed by atoms with Gasteiger partial charge in [-0.3, -0.25) is 0 Å². The number of aromatic hydroxyl groups is 1. The molecular formula is C37H56N2O. The molecule has 4 aromatic carbocycles. The molecule has 0 fully saturated rings. The lowest BCUT2D eigenvalue weighted by Gasteiger charge is -2.06. The van der Waals surface area contributed by atoms with E-state index in [9.17, 15) is 5.11 Å². The lowest BCUT2D eigenvalue weighted by Crippen LogP contribution is -1.79. The summed E-state index contributed by atoms with van der Waals surface area (Å²) in [6.07, 6.45) is 10.6. The lowest BCUT2D eigenvalue weighted by molar-refractivity contribution is 0.477. The van der Waals surface area contributed by atoms with E-state index in [-0.39, 0.29) is 5.75 Å². The van der Waals surface area contributed by atoms with Gasteiger partial charge in [0.1, 0.15) is 11.4 Å². The van der Waals surface area contributed by atoms with Crippen LogP contribution in [-0.4, -0.2) is 5.11 Å². The van der Waals surface area contributed by atoms with Crippen LogP contribution in [0, 0.1) is 6.92 Å². The Bertz CT molecular complexity index is 1100. The van der Waals surface area contributed by atoms with E-state index in [1.807, 2.05) is 61.5 Å². The fourth-order valence-corrected chi connectivity index (χ4v) is 2.95. The van der Waals surface area contributed by atoms with E-state index in [2.05, 4.69) is 77.8 Å². The second kappa shape index (κ2) is 23.7. The van der Waals surface area contributed by atoms with Gasteiger partial charge in [-0.25, -0.2) is 0 Å². The van der Waals surface area contributed by atoms with Crippen LogP contribution < -0.4 is 0 Å². The van der Waals surface area contributed by atoms with Crippen LogP contribution in [0.4, 0.5) is 11.4 Å². The number of rotatable bonds is 6. The summed E-state index contributed by atoms with van der Waals surface area (Å²) in [5.74, 6) is 0.135. The van der Waals surface area contributed by atoms with Crippen molar-refractivity contribution in [1.82, 2.24) is 0 Å². The zero-order chi connectivity index (χ0) is 30.2. The summed E-state index contributed by atoms with van der Waals surface area (Å²) in [6, 6.07) is 23.6. The molecule has 0 amide bonds. The number of hydrogen-bond donors (Lipinski definition) is 1. The van der Waals surface area contributed by atoms with E-state index in [1.165, 1.54) is 51.4 Å². The molecule has 40 heavy (non-hydrogen) atoms. The average molecular weight is 545 g/mol. The molecule has 0 aliphatic rings. The number of aryl methyl sites for hydroxylation is 1. The highest BCUT2D eigenvalue weighted by molar-refractivity contribution is 5.96. The molecule has 0 bridgehead atoms. The molecule has 220 valence electrons. The molecule has 3 heteroatoms. The van der Waals surface area contributed by atoms with E-state index in [0.717, 1.165) is 32.8 Å². The van der Waals surface area contributed by atoms with Crippen molar-refractivity contribution in [3.63, 3.8) is 0 Å². The second-order valence-corrected chi connectivity index (χ2v) is 9.81. The molecule has 1 N–H and O–H groups in total. The predicted octanol–water partition coefficient (Wildman–Crippen LogP) is 13.6. The second-order valence-electron chi connectivity index (χ2n) is 9.81. The van der Waals surface area contributed by atoms with Gasteiger partial charge in [0, 0.05) is 10.8 Å². The quantitative estimate of drug-likeness (QED) is 0.241. The Morgan fingerprint density at radius 1 is 0.450 bits per heavy atom. The van der Waals surface area contributed by atoms with Crippen LogP contribution in [0.15, 0.2) is 83.0 Å². The Balaban J connectivity index is 0.000000788. The van der Waals surface area contributed by atoms with Crippen molar-refractivity contribution in [1.29, 1.82) is 0 Å². The maximum atomic E-state index is 10.2. The molecule has 0 aromatic heterocycles. The van der Waals surface area contributed by atoms with Gasteiger partial charge in [0.05, 0.1) is 5.69 Å². The third kappa shape index (κ3) is 13.7. The third-order valence-electron chi connectivity index (χ3n) is 6.23. The highest BCUT2D eigenvalue weighted by Crippen LogP contribution is 2.37. The number of phenolic OH excluding ortho intramolecular Hbond substituents is 1. The lowest BCUT2D eigenvalue weighted by atomic mass is 10.1. The normalized spacial score (nSPS) is 9.93. The summed E-state index contributed by atoms with van der Waals surface area (Å²) in [5, 5.41) is 23.2. The fourth-order valence-electron chi connectivity index (χ4n) is 2.95. The van der Waals surface area contributed by atoms with E-state index in [1.54, 1.807) is 6.07 Å². The molecule has 0 saturated carbocycles. The van der Waals surface area contributed by atoms with Crippen molar-refractivity contribution in [2.24, 2.45) is 10.2 Å². The number of phenols is 1. The van der Waals surface area contributed by atoms with Crippen LogP contribution in [0.2, 0.25) is 0 Å². The smallest absolute Gasteiger partial charge is 0.143 e. The number of fused-ring (bicyclic) bond motifs is 2. The monoisotopic (exact) mass is 544 g/mol. The standard InChI is InChI=1S/C21H16N2O.4C4H10/c1-14-10-11-15-6-2-4-8-17(15)20(14)22-23-21-18-9-5-3-7-16(18)12-13-19(21)24;4*1-3-4-2/h2-13,24H,1H3;4*3-4H2,1-2H3. The zero-order valence-corrected chi connectivity index (χ0v) is 26.9. The summed E-state index contributed by atoms with van der Waals surface area (Å²) in [7, 11) is 0. The summed E-state index contributed by atoms with van der Waals surface area (Å²) in [4.78, 5) is 0. The molecule has 0 aliphatic carbocycles. The maximum Gasteiger partial charge on any atom is 0.143 e. The SMILES string of the molecule is CCCC.CCCC.CCCC.CCCC.Cc1ccc2ccccc2c1N=Nc1c(O)ccc2ccccc12. The first-order valence-corrected chi connectivity index (χ1v) is 15.5. The van der Waals surface area contributed by atoms with Crippen LogP contribution in [0.5, 0.6) is 5.75 Å². The molecule has 4 aromatic rings. The van der Waals surface area contributed by atoms with Crippen molar-refractivity contribution in [2.45, 2.75) is 114 Å². The topological polar surface area (TPSA) is 45.0 Å². The van der Waals surface area contributed by atoms with Crippen LogP contribution in [0.3, 0.4) is 0 Å². The van der Waals surface area contributed by atoms with Crippen molar-refractivity contribution in [3.05, 3.63) is 78.4 Å². The predicted molar refractivity (Wildman–Crippen MR) is 181 cm³/mol. The number of nitrogens with zero attached hydrogens (tertiary/aromatic N) is 2. The Labute approximate surface area is 245 Å². The van der Waals surface area contributed by atoms with Crippen LogP contribution >= 0.6 is 0 Å². The highest BCUT2D eigenvalue weighted by Gasteiger charge is 2.08. The fraction of sp³-hybridized carbons (Fsp3) is 0.459. The number of unbranched alkanes of at least 4 members (excludes halogenated alkanes) is 4. The molecule has 0 radical (unpaired) electrons. The van der Waals surface area contributed by atoms with Crippen molar-refractivity contribution in [2.75, 3.05) is 0 Å². The zero-order valence-electron chi connectivity index (χ0n) is 26.9. The molecular weight excluding hydrogens is 488 g/mol. The third-order valence-corrected chi connectivity index (χ3v) is 6.23. The number of azo groups is 1. The number of hydrogen-bond acceptors (Lipinski definition) is 3. The Kier molecular flexibility index (Phi) is 21.8. The largest absolute Gasteiger partial charge is 0.506 e. The first-order valence-electron chi connectivity index (χ1n) is 15.5. The highest BCUT2D eigenvalue weighted by atomic mass is 16.3. The van der Waals surface area contributed by atoms with Gasteiger partial charge in [0.25, 0.3) is 0 Å². The summed E-state index contributed by atoms with van der Waals surface area (Å²) < 4.78 is 0. The Hall–Kier alpha value is -3.20. The van der Waals surface area contributed by atoms with Gasteiger partial charge in [-0.05, 0) is 29.3 Å². The van der Waals surface area contributed by atoms with E-state index in [4.69, 9.17) is 0 Å². The molecule has 0 atom stereocenters. The minimum absolute atomic E-state index is 0.135. The van der Waals surface area contributed by atoms with Gasteiger partial charge in [-0.1, -0.05) is 173 Å². The van der Waals surface area contributed by atoms with Crippen molar-refractivity contribution < 1.29 is 5.11 Å². The van der Waals surface area contributed by atoms with Gasteiger partial charge in [-0.2, -0.15) is 0 Å². The Morgan fingerprint density at radius 3 is 1.23 bits per heavy atom. The van der Waals surface area contributed by atoms with Crippen molar-refractivity contribution >= 4 is 32.9 Å². The summed E-state index contributed by atoms with van der Waals surface area (Å²) in [6.45, 7) is 19.5. The Morgan fingerprint density at radius 2 is 0.800 bits per heavy atom. The van der Waals surface area contributed by atoms with Crippen molar-refractivity contribution in [3.8, 4) is 5.75 Å². The van der Waals surface area contributed by atoms with E-state index < -0.39 is 0 Å². The van der Waals surface area contributed by atoms with Crippen LogP contribution in [0.1, 0.15) is 112 Å². The van der Waals surface area contributed by atoms with E-state index in [0.29, 0.717) is 5.69 Å². The molecule has 0 heterocycles. The van der Waals surface area contributed by atoms with Gasteiger partial charge in [0.15, 0.2) is 0 Å². The van der Waals surface area contributed by atoms with Gasteiger partial charge >= 0.3 is 0 Å². The van der Waals surface area contributed by atoms with Gasteiger partial charge < -0.3 is 5.11 Å². The molecule has 0 aliphatic heterocycles. The first kappa shape index (κ1) is 36.8. The maximum absolute atomic E-state index is 10.2. The average Bonchev–Trinajstić information content (AvgIpc) is 3.01.